The van der Waals surface area contributed by atoms with Crippen LogP contribution in [-0.2, 0) is 4.79 Å². The number of carbonyl (C=O) groups is 1. The maximum absolute atomic E-state index is 11.1. The van der Waals surface area contributed by atoms with E-state index in [9.17, 15) is 4.79 Å². The number of carboxylic acid groups (broad SMARTS) is 1. The minimum absolute atomic E-state index is 0. The van der Waals surface area contributed by atoms with Crippen LogP contribution in [0.5, 0.6) is 11.5 Å². The van der Waals surface area contributed by atoms with Crippen molar-refractivity contribution in [1.82, 2.24) is 4.90 Å². The van der Waals surface area contributed by atoms with Gasteiger partial charge >= 0.3 is 5.97 Å². The third-order valence-electron chi connectivity index (χ3n) is 6.09. The summed E-state index contributed by atoms with van der Waals surface area (Å²) in [6, 6.07) is 16.5. The average Bonchev–Trinajstić information content (AvgIpc) is 2.75. The van der Waals surface area contributed by atoms with Crippen LogP contribution in [-0.4, -0.2) is 47.8 Å². The van der Waals surface area contributed by atoms with E-state index in [1.54, 1.807) is 0 Å². The smallest absolute Gasteiger partial charge is 0.317 e. The Morgan fingerprint density at radius 2 is 1.81 bits per heavy atom. The summed E-state index contributed by atoms with van der Waals surface area (Å²) in [6.45, 7) is 6.63. The Bertz CT molecular complexity index is 947. The third-order valence-corrected chi connectivity index (χ3v) is 6.09. The lowest BCUT2D eigenvalue weighted by Crippen LogP contribution is -2.49. The number of para-hydroxylation sites is 1. The van der Waals surface area contributed by atoms with E-state index in [0.29, 0.717) is 19.0 Å². The van der Waals surface area contributed by atoms with E-state index in [0.717, 1.165) is 48.5 Å². The van der Waals surface area contributed by atoms with E-state index in [1.165, 1.54) is 5.57 Å². The molecular weight excluding hydrogens is 426 g/mol. The number of aliphatic carboxylic acids is 1. The van der Waals surface area contributed by atoms with Crippen molar-refractivity contribution >= 4 is 23.9 Å². The van der Waals surface area contributed by atoms with Crippen molar-refractivity contribution in [2.45, 2.75) is 38.7 Å². The highest BCUT2D eigenvalue weighted by atomic mass is 35.5. The number of likely N-dealkylation sites (tertiary alicyclic amines) is 1. The van der Waals surface area contributed by atoms with Gasteiger partial charge in [0.1, 0.15) is 17.1 Å². The number of hydrogen-bond acceptors (Lipinski definition) is 4. The SMILES string of the molecule is CC(C)CCOc1ccc(C2=CC3(CCN(CC(=O)O)CC3)Oc3ccccc32)cc1.Cl. The summed E-state index contributed by atoms with van der Waals surface area (Å²) >= 11 is 0. The van der Waals surface area contributed by atoms with Crippen LogP contribution >= 0.6 is 12.4 Å². The molecule has 2 aromatic rings. The number of carboxylic acids is 1. The zero-order valence-electron chi connectivity index (χ0n) is 18.8. The van der Waals surface area contributed by atoms with Gasteiger partial charge in [-0.3, -0.25) is 9.69 Å². The molecule has 2 heterocycles. The van der Waals surface area contributed by atoms with Gasteiger partial charge in [-0.05, 0) is 47.8 Å². The molecule has 4 rings (SSSR count). The molecule has 0 unspecified atom stereocenters. The summed E-state index contributed by atoms with van der Waals surface area (Å²) in [7, 11) is 0. The van der Waals surface area contributed by atoms with Crippen LogP contribution in [0.15, 0.2) is 54.6 Å². The first kappa shape index (κ1) is 24.1. The van der Waals surface area contributed by atoms with Crippen molar-refractivity contribution in [2.75, 3.05) is 26.2 Å². The van der Waals surface area contributed by atoms with Crippen molar-refractivity contribution in [2.24, 2.45) is 5.92 Å². The summed E-state index contributed by atoms with van der Waals surface area (Å²) < 4.78 is 12.4. The topological polar surface area (TPSA) is 59.0 Å². The lowest BCUT2D eigenvalue weighted by molar-refractivity contribution is -0.139. The second-order valence-electron chi connectivity index (χ2n) is 8.95. The van der Waals surface area contributed by atoms with Crippen molar-refractivity contribution in [1.29, 1.82) is 0 Å². The molecule has 2 aliphatic heterocycles. The molecule has 5 nitrogen and oxygen atoms in total. The fourth-order valence-electron chi connectivity index (χ4n) is 4.28. The molecule has 0 atom stereocenters. The molecule has 0 aromatic heterocycles. The maximum Gasteiger partial charge on any atom is 0.317 e. The van der Waals surface area contributed by atoms with Crippen LogP contribution in [0.2, 0.25) is 0 Å². The van der Waals surface area contributed by atoms with Crippen molar-refractivity contribution < 1.29 is 19.4 Å². The third kappa shape index (κ3) is 5.64. The van der Waals surface area contributed by atoms with Gasteiger partial charge < -0.3 is 14.6 Å². The van der Waals surface area contributed by atoms with E-state index in [1.807, 2.05) is 35.2 Å². The summed E-state index contributed by atoms with van der Waals surface area (Å²) in [5, 5.41) is 9.10. The van der Waals surface area contributed by atoms with Gasteiger partial charge in [0.2, 0.25) is 0 Å². The minimum Gasteiger partial charge on any atom is -0.494 e. The molecule has 0 bridgehead atoms. The first-order chi connectivity index (χ1) is 14.9. The van der Waals surface area contributed by atoms with E-state index in [4.69, 9.17) is 14.6 Å². The zero-order valence-corrected chi connectivity index (χ0v) is 19.6. The van der Waals surface area contributed by atoms with Crippen LogP contribution in [0.25, 0.3) is 5.57 Å². The second kappa shape index (κ2) is 10.4. The number of ether oxygens (including phenoxy) is 2. The molecule has 32 heavy (non-hydrogen) atoms. The van der Waals surface area contributed by atoms with E-state index >= 15 is 0 Å². The number of nitrogens with zero attached hydrogens (tertiary/aromatic N) is 1. The Morgan fingerprint density at radius 3 is 2.47 bits per heavy atom. The largest absolute Gasteiger partial charge is 0.494 e. The fraction of sp³-hybridized carbons (Fsp3) is 0.423. The van der Waals surface area contributed by atoms with Gasteiger partial charge in [-0.25, -0.2) is 0 Å². The average molecular weight is 458 g/mol. The van der Waals surface area contributed by atoms with Crippen LogP contribution < -0.4 is 9.47 Å². The Kier molecular flexibility index (Phi) is 7.86. The fourth-order valence-corrected chi connectivity index (χ4v) is 4.28. The standard InChI is InChI=1S/C26H31NO4.ClH/c1-19(2)11-16-30-21-9-7-20(8-10-21)23-17-26(31-24-6-4-3-5-22(23)24)12-14-27(15-13-26)18-25(28)29;/h3-10,17,19H,11-16,18H2,1-2H3,(H,28,29);1H. The molecule has 6 heteroatoms. The number of hydrogen-bond donors (Lipinski definition) is 1. The second-order valence-corrected chi connectivity index (χ2v) is 8.95. The minimum atomic E-state index is -0.780. The number of benzene rings is 2. The van der Waals surface area contributed by atoms with Crippen LogP contribution in [0.3, 0.4) is 0 Å². The Morgan fingerprint density at radius 1 is 1.12 bits per heavy atom. The summed E-state index contributed by atoms with van der Waals surface area (Å²) in [5.74, 6) is 1.63. The molecule has 1 spiro atoms. The van der Waals surface area contributed by atoms with Gasteiger partial charge in [0.05, 0.1) is 13.2 Å². The zero-order chi connectivity index (χ0) is 21.8. The van der Waals surface area contributed by atoms with Crippen LogP contribution in [0, 0.1) is 5.92 Å². The maximum atomic E-state index is 11.1. The lowest BCUT2D eigenvalue weighted by atomic mass is 9.83. The first-order valence-electron chi connectivity index (χ1n) is 11.1. The molecule has 172 valence electrons. The van der Waals surface area contributed by atoms with Gasteiger partial charge in [0, 0.05) is 31.5 Å². The van der Waals surface area contributed by atoms with Crippen molar-refractivity contribution in [3.05, 3.63) is 65.7 Å². The normalized spacial score (nSPS) is 17.2. The van der Waals surface area contributed by atoms with Crippen molar-refractivity contribution in [3.63, 3.8) is 0 Å². The number of halogens is 1. The van der Waals surface area contributed by atoms with Gasteiger partial charge in [-0.1, -0.05) is 44.2 Å². The molecule has 0 amide bonds. The number of rotatable bonds is 7. The van der Waals surface area contributed by atoms with E-state index in [2.05, 4.69) is 38.1 Å². The van der Waals surface area contributed by atoms with Crippen LogP contribution in [0.1, 0.15) is 44.2 Å². The molecule has 2 aliphatic rings. The predicted octanol–water partition coefficient (Wildman–Crippen LogP) is 5.28. The van der Waals surface area contributed by atoms with E-state index < -0.39 is 11.6 Å². The van der Waals surface area contributed by atoms with Crippen LogP contribution in [0.4, 0.5) is 0 Å². The Hall–Kier alpha value is -2.50. The first-order valence-corrected chi connectivity index (χ1v) is 11.1. The predicted molar refractivity (Wildman–Crippen MR) is 129 cm³/mol. The monoisotopic (exact) mass is 457 g/mol. The number of piperidine rings is 1. The quantitative estimate of drug-likeness (QED) is 0.613. The Labute approximate surface area is 196 Å². The molecular formula is C26H32ClNO4. The molecule has 0 radical (unpaired) electrons. The summed E-state index contributed by atoms with van der Waals surface area (Å²) in [5.41, 5.74) is 3.00. The molecule has 1 saturated heterocycles. The van der Waals surface area contributed by atoms with Gasteiger partial charge in [-0.2, -0.15) is 0 Å². The van der Waals surface area contributed by atoms with E-state index in [-0.39, 0.29) is 19.0 Å². The highest BCUT2D eigenvalue weighted by molar-refractivity contribution is 5.85. The highest BCUT2D eigenvalue weighted by Crippen LogP contribution is 2.43. The molecule has 0 aliphatic carbocycles. The molecule has 2 aromatic carbocycles. The van der Waals surface area contributed by atoms with Gasteiger partial charge in [-0.15, -0.1) is 12.4 Å². The molecule has 1 fully saturated rings. The van der Waals surface area contributed by atoms with Gasteiger partial charge in [0.15, 0.2) is 0 Å². The summed E-state index contributed by atoms with van der Waals surface area (Å²) in [6.07, 6.45) is 4.84. The molecule has 1 N–H and O–H groups in total. The summed E-state index contributed by atoms with van der Waals surface area (Å²) in [4.78, 5) is 13.0. The molecule has 0 saturated carbocycles. The van der Waals surface area contributed by atoms with Crippen molar-refractivity contribution in [3.8, 4) is 11.5 Å². The van der Waals surface area contributed by atoms with Gasteiger partial charge in [0.25, 0.3) is 0 Å². The Balaban J connectivity index is 0.00000289. The number of fused-ring (bicyclic) bond motifs is 1. The highest BCUT2D eigenvalue weighted by Gasteiger charge is 2.39. The lowest BCUT2D eigenvalue weighted by Gasteiger charge is -2.42.